The quantitative estimate of drug-likeness (QED) is 0.566. The molecule has 0 aliphatic carbocycles. The Hall–Kier alpha value is -0.570. The van der Waals surface area contributed by atoms with Crippen LogP contribution in [0, 0.1) is 5.41 Å². The smallest absolute Gasteiger partial charge is 0.187 e. The van der Waals surface area contributed by atoms with Crippen LogP contribution in [-0.4, -0.2) is 15.7 Å². The van der Waals surface area contributed by atoms with Crippen LogP contribution in [0.4, 0.5) is 0 Å². The lowest BCUT2D eigenvalue weighted by Gasteiger charge is -2.16. The van der Waals surface area contributed by atoms with E-state index in [2.05, 4.69) is 37.7 Å². The topological polar surface area (TPSA) is 25.8 Å². The summed E-state index contributed by atoms with van der Waals surface area (Å²) in [6.07, 6.45) is 2.82. The van der Waals surface area contributed by atoms with E-state index in [1.54, 1.807) is 11.8 Å². The van der Waals surface area contributed by atoms with Crippen LogP contribution in [0.2, 0.25) is 0 Å². The van der Waals surface area contributed by atoms with Crippen LogP contribution >= 0.6 is 11.8 Å². The second kappa shape index (κ2) is 4.78. The fraction of sp³-hybridized carbons (Fsp3) is 0.636. The highest BCUT2D eigenvalue weighted by Gasteiger charge is 2.11. The van der Waals surface area contributed by atoms with Gasteiger partial charge in [-0.25, -0.2) is 9.97 Å². The summed E-state index contributed by atoms with van der Waals surface area (Å²) in [5.41, 5.74) is 1.45. The number of hydrogen-bond acceptors (Lipinski definition) is 3. The summed E-state index contributed by atoms with van der Waals surface area (Å²) in [5.74, 6) is 1.06. The van der Waals surface area contributed by atoms with Crippen LogP contribution in [0.25, 0.3) is 0 Å². The van der Waals surface area contributed by atoms with E-state index < -0.39 is 0 Å². The van der Waals surface area contributed by atoms with Crippen molar-refractivity contribution < 1.29 is 0 Å². The predicted molar refractivity (Wildman–Crippen MR) is 61.6 cm³/mol. The minimum absolute atomic E-state index is 0.330. The minimum atomic E-state index is 0.330. The number of aromatic nitrogens is 2. The van der Waals surface area contributed by atoms with Crippen LogP contribution in [0.5, 0.6) is 0 Å². The average Bonchev–Trinajstić information content (AvgIpc) is 2.14. The lowest BCUT2D eigenvalue weighted by Crippen LogP contribution is -2.08. The molecule has 1 heterocycles. The Balaban J connectivity index is 2.59. The molecular weight excluding hydrogens is 192 g/mol. The maximum absolute atomic E-state index is 4.45. The van der Waals surface area contributed by atoms with E-state index >= 15 is 0 Å². The van der Waals surface area contributed by atoms with Gasteiger partial charge in [0.1, 0.15) is 0 Å². The summed E-state index contributed by atoms with van der Waals surface area (Å²) in [4.78, 5) is 8.69. The Morgan fingerprint density at radius 2 is 2.07 bits per heavy atom. The maximum Gasteiger partial charge on any atom is 0.187 e. The van der Waals surface area contributed by atoms with Gasteiger partial charge in [-0.1, -0.05) is 39.5 Å². The first-order chi connectivity index (χ1) is 6.51. The monoisotopic (exact) mass is 210 g/mol. The van der Waals surface area contributed by atoms with Gasteiger partial charge in [0.2, 0.25) is 0 Å². The van der Waals surface area contributed by atoms with E-state index in [4.69, 9.17) is 0 Å². The Morgan fingerprint density at radius 3 is 2.64 bits per heavy atom. The maximum atomic E-state index is 4.45. The molecule has 0 unspecified atom stereocenters. The molecule has 1 aromatic rings. The highest BCUT2D eigenvalue weighted by molar-refractivity contribution is 7.99. The van der Waals surface area contributed by atoms with Gasteiger partial charge < -0.3 is 0 Å². The first-order valence-corrected chi connectivity index (χ1v) is 5.94. The second-order valence-electron chi connectivity index (χ2n) is 4.53. The third-order valence-corrected chi connectivity index (χ3v) is 3.15. The van der Waals surface area contributed by atoms with E-state index in [-0.39, 0.29) is 0 Å². The highest BCUT2D eigenvalue weighted by atomic mass is 32.2. The van der Waals surface area contributed by atoms with Crippen molar-refractivity contribution in [3.8, 4) is 0 Å². The summed E-state index contributed by atoms with van der Waals surface area (Å²) < 4.78 is 0. The molecular formula is C11H18N2S. The molecule has 1 rings (SSSR count). The molecule has 78 valence electrons. The number of rotatable bonds is 3. The zero-order valence-corrected chi connectivity index (χ0v) is 10.2. The number of hydrogen-bond donors (Lipinski definition) is 0. The van der Waals surface area contributed by atoms with Crippen molar-refractivity contribution in [2.24, 2.45) is 5.41 Å². The van der Waals surface area contributed by atoms with Gasteiger partial charge in [0, 0.05) is 17.6 Å². The third-order valence-electron chi connectivity index (χ3n) is 1.69. The van der Waals surface area contributed by atoms with E-state index in [1.807, 2.05) is 12.3 Å². The first-order valence-electron chi connectivity index (χ1n) is 4.96. The molecule has 0 aromatic carbocycles. The van der Waals surface area contributed by atoms with Crippen molar-refractivity contribution in [2.75, 3.05) is 5.75 Å². The van der Waals surface area contributed by atoms with E-state index in [9.17, 15) is 0 Å². The molecule has 0 fully saturated rings. The second-order valence-corrected chi connectivity index (χ2v) is 5.48. The Morgan fingerprint density at radius 1 is 1.36 bits per heavy atom. The standard InChI is InChI=1S/C11H18N2S/c1-5-9-6-7-12-10(13-9)14-8-11(2,3)4/h6-7H,5,8H2,1-4H3. The molecule has 0 amide bonds. The summed E-state index contributed by atoms with van der Waals surface area (Å²) >= 11 is 1.73. The zero-order chi connectivity index (χ0) is 10.6. The van der Waals surface area contributed by atoms with Gasteiger partial charge in [-0.2, -0.15) is 0 Å². The molecule has 3 heteroatoms. The molecule has 0 bridgehead atoms. The third kappa shape index (κ3) is 4.09. The van der Waals surface area contributed by atoms with Gasteiger partial charge >= 0.3 is 0 Å². The normalized spacial score (nSPS) is 11.7. The Bertz CT molecular complexity index is 292. The molecule has 0 spiro atoms. The number of thioether (sulfide) groups is 1. The molecule has 14 heavy (non-hydrogen) atoms. The molecule has 0 N–H and O–H groups in total. The van der Waals surface area contributed by atoms with Crippen molar-refractivity contribution >= 4 is 11.8 Å². The predicted octanol–water partition coefficient (Wildman–Crippen LogP) is 3.18. The van der Waals surface area contributed by atoms with Gasteiger partial charge in [0.25, 0.3) is 0 Å². The lowest BCUT2D eigenvalue weighted by molar-refractivity contribution is 0.480. The molecule has 2 nitrogen and oxygen atoms in total. The van der Waals surface area contributed by atoms with Gasteiger partial charge in [0.05, 0.1) is 0 Å². The van der Waals surface area contributed by atoms with Crippen molar-refractivity contribution in [1.82, 2.24) is 9.97 Å². The van der Waals surface area contributed by atoms with E-state index in [0.717, 1.165) is 23.0 Å². The number of aryl methyl sites for hydroxylation is 1. The van der Waals surface area contributed by atoms with Crippen molar-refractivity contribution in [2.45, 2.75) is 39.3 Å². The largest absolute Gasteiger partial charge is 0.231 e. The fourth-order valence-corrected chi connectivity index (χ4v) is 1.80. The molecule has 0 aliphatic rings. The van der Waals surface area contributed by atoms with Gasteiger partial charge in [-0.15, -0.1) is 0 Å². The Kier molecular flexibility index (Phi) is 3.93. The van der Waals surface area contributed by atoms with Gasteiger partial charge in [0.15, 0.2) is 5.16 Å². The summed E-state index contributed by atoms with van der Waals surface area (Å²) in [6.45, 7) is 8.79. The molecule has 0 radical (unpaired) electrons. The van der Waals surface area contributed by atoms with Crippen molar-refractivity contribution in [3.63, 3.8) is 0 Å². The summed E-state index contributed by atoms with van der Waals surface area (Å²) in [7, 11) is 0. The van der Waals surface area contributed by atoms with Gasteiger partial charge in [-0.05, 0) is 17.9 Å². The van der Waals surface area contributed by atoms with Crippen LogP contribution in [-0.2, 0) is 6.42 Å². The molecule has 1 aromatic heterocycles. The minimum Gasteiger partial charge on any atom is -0.231 e. The van der Waals surface area contributed by atoms with E-state index in [1.165, 1.54) is 0 Å². The summed E-state index contributed by atoms with van der Waals surface area (Å²) in [6, 6.07) is 1.97. The van der Waals surface area contributed by atoms with Gasteiger partial charge in [-0.3, -0.25) is 0 Å². The number of nitrogens with zero attached hydrogens (tertiary/aromatic N) is 2. The first kappa shape index (κ1) is 11.5. The van der Waals surface area contributed by atoms with Crippen LogP contribution in [0.1, 0.15) is 33.4 Å². The van der Waals surface area contributed by atoms with Crippen molar-refractivity contribution in [1.29, 1.82) is 0 Å². The van der Waals surface area contributed by atoms with Crippen molar-refractivity contribution in [3.05, 3.63) is 18.0 Å². The SMILES string of the molecule is CCc1ccnc(SCC(C)(C)C)n1. The summed E-state index contributed by atoms with van der Waals surface area (Å²) in [5, 5.41) is 0.902. The Labute approximate surface area is 90.5 Å². The molecule has 0 saturated heterocycles. The average molecular weight is 210 g/mol. The van der Waals surface area contributed by atoms with Crippen LogP contribution in [0.3, 0.4) is 0 Å². The molecule has 0 aliphatic heterocycles. The van der Waals surface area contributed by atoms with Crippen LogP contribution < -0.4 is 0 Å². The lowest BCUT2D eigenvalue weighted by atomic mass is 10.0. The molecule has 0 saturated carbocycles. The van der Waals surface area contributed by atoms with Crippen LogP contribution in [0.15, 0.2) is 17.4 Å². The highest BCUT2D eigenvalue weighted by Crippen LogP contribution is 2.24. The zero-order valence-electron chi connectivity index (χ0n) is 9.37. The molecule has 0 atom stereocenters. The fourth-order valence-electron chi connectivity index (χ4n) is 0.924. The van der Waals surface area contributed by atoms with E-state index in [0.29, 0.717) is 5.41 Å².